The fourth-order valence-corrected chi connectivity index (χ4v) is 2.91. The van der Waals surface area contributed by atoms with Crippen LogP contribution >= 0.6 is 0 Å². The molecule has 134 valence electrons. The van der Waals surface area contributed by atoms with Crippen LogP contribution in [0.2, 0.25) is 0 Å². The van der Waals surface area contributed by atoms with Crippen molar-refractivity contribution in [2.45, 2.75) is 12.6 Å². The van der Waals surface area contributed by atoms with Crippen LogP contribution in [0, 0.1) is 0 Å². The first kappa shape index (κ1) is 17.8. The van der Waals surface area contributed by atoms with Crippen molar-refractivity contribution in [1.82, 2.24) is 24.8 Å². The molecule has 3 aromatic rings. The Bertz CT molecular complexity index is 832. The molecule has 0 spiro atoms. The minimum absolute atomic E-state index is 0.0479. The molecule has 0 saturated carbocycles. The van der Waals surface area contributed by atoms with Crippen LogP contribution in [0.4, 0.5) is 0 Å². The van der Waals surface area contributed by atoms with E-state index in [2.05, 4.69) is 15.3 Å². The summed E-state index contributed by atoms with van der Waals surface area (Å²) in [5, 5.41) is 3.11. The lowest BCUT2D eigenvalue weighted by Gasteiger charge is -2.21. The fourth-order valence-electron chi connectivity index (χ4n) is 2.91. The van der Waals surface area contributed by atoms with Gasteiger partial charge in [-0.15, -0.1) is 0 Å². The minimum atomic E-state index is -0.282. The number of likely N-dealkylation sites (N-methyl/N-ethyl adjacent to an activating group) is 1. The summed E-state index contributed by atoms with van der Waals surface area (Å²) >= 11 is 0. The van der Waals surface area contributed by atoms with Crippen molar-refractivity contribution in [2.24, 2.45) is 7.05 Å². The number of benzene rings is 1. The van der Waals surface area contributed by atoms with Gasteiger partial charge in [0.2, 0.25) is 5.91 Å². The molecule has 1 atom stereocenters. The molecule has 0 radical (unpaired) electrons. The van der Waals surface area contributed by atoms with Crippen LogP contribution < -0.4 is 5.32 Å². The molecule has 0 aliphatic heterocycles. The number of pyridine rings is 1. The molecule has 0 unspecified atom stereocenters. The molecule has 1 aromatic carbocycles. The van der Waals surface area contributed by atoms with Gasteiger partial charge in [0.05, 0.1) is 6.54 Å². The van der Waals surface area contributed by atoms with Crippen LogP contribution in [0.1, 0.15) is 23.0 Å². The van der Waals surface area contributed by atoms with E-state index in [1.165, 1.54) is 0 Å². The van der Waals surface area contributed by atoms with Gasteiger partial charge in [0.1, 0.15) is 11.9 Å². The summed E-state index contributed by atoms with van der Waals surface area (Å²) in [6.45, 7) is 0.961. The molecule has 1 N–H and O–H groups in total. The SMILES string of the molecule is CN(CC(=O)N[C@H](c1ccccc1)c1nccn1C)Cc1cccnc1. The number of hydrogen-bond acceptors (Lipinski definition) is 4. The first-order valence-electron chi connectivity index (χ1n) is 8.52. The summed E-state index contributed by atoms with van der Waals surface area (Å²) in [5.41, 5.74) is 2.08. The summed E-state index contributed by atoms with van der Waals surface area (Å²) in [5.74, 6) is 0.757. The third kappa shape index (κ3) is 4.55. The number of carbonyl (C=O) groups excluding carboxylic acids is 1. The zero-order chi connectivity index (χ0) is 18.4. The molecule has 0 saturated heterocycles. The van der Waals surface area contributed by atoms with E-state index in [1.54, 1.807) is 12.4 Å². The maximum absolute atomic E-state index is 12.6. The average Bonchev–Trinajstić information content (AvgIpc) is 3.07. The Morgan fingerprint density at radius 3 is 2.65 bits per heavy atom. The number of rotatable bonds is 7. The van der Waals surface area contributed by atoms with Gasteiger partial charge in [-0.2, -0.15) is 0 Å². The van der Waals surface area contributed by atoms with Gasteiger partial charge < -0.3 is 9.88 Å². The number of imidazole rings is 1. The predicted molar refractivity (Wildman–Crippen MR) is 100 cm³/mol. The number of amides is 1. The average molecular weight is 349 g/mol. The Morgan fingerprint density at radius 2 is 2.00 bits per heavy atom. The monoisotopic (exact) mass is 349 g/mol. The van der Waals surface area contributed by atoms with E-state index in [0.717, 1.165) is 17.0 Å². The summed E-state index contributed by atoms with van der Waals surface area (Å²) < 4.78 is 1.93. The van der Waals surface area contributed by atoms with Crippen molar-refractivity contribution in [1.29, 1.82) is 0 Å². The van der Waals surface area contributed by atoms with E-state index in [9.17, 15) is 4.79 Å². The molecule has 26 heavy (non-hydrogen) atoms. The largest absolute Gasteiger partial charge is 0.341 e. The summed E-state index contributed by atoms with van der Waals surface area (Å²) in [6, 6.07) is 13.5. The Morgan fingerprint density at radius 1 is 1.19 bits per heavy atom. The van der Waals surface area contributed by atoms with E-state index in [-0.39, 0.29) is 11.9 Å². The standard InChI is InChI=1S/C20H23N5O/c1-24(14-16-7-6-10-21-13-16)15-18(26)23-19(17-8-4-3-5-9-17)20-22-11-12-25(20)2/h3-13,19H,14-15H2,1-2H3,(H,23,26)/t19-/m1/s1. The molecule has 0 aliphatic carbocycles. The second kappa shape index (κ2) is 8.40. The van der Waals surface area contributed by atoms with Gasteiger partial charge in [-0.25, -0.2) is 4.98 Å². The zero-order valence-electron chi connectivity index (χ0n) is 15.0. The lowest BCUT2D eigenvalue weighted by atomic mass is 10.1. The van der Waals surface area contributed by atoms with Crippen molar-refractivity contribution >= 4 is 5.91 Å². The molecule has 3 rings (SSSR count). The minimum Gasteiger partial charge on any atom is -0.341 e. The van der Waals surface area contributed by atoms with Gasteiger partial charge >= 0.3 is 0 Å². The van der Waals surface area contributed by atoms with E-state index < -0.39 is 0 Å². The number of aromatic nitrogens is 3. The van der Waals surface area contributed by atoms with Crippen molar-refractivity contribution in [3.05, 3.63) is 84.2 Å². The Labute approximate surface area is 153 Å². The highest BCUT2D eigenvalue weighted by Gasteiger charge is 2.21. The highest BCUT2D eigenvalue weighted by atomic mass is 16.2. The quantitative estimate of drug-likeness (QED) is 0.710. The Balaban J connectivity index is 1.69. The van der Waals surface area contributed by atoms with E-state index in [1.807, 2.05) is 78.4 Å². The lowest BCUT2D eigenvalue weighted by Crippen LogP contribution is -2.38. The van der Waals surface area contributed by atoms with Crippen molar-refractivity contribution < 1.29 is 4.79 Å². The second-order valence-electron chi connectivity index (χ2n) is 6.34. The van der Waals surface area contributed by atoms with Crippen molar-refractivity contribution in [2.75, 3.05) is 13.6 Å². The molecular formula is C20H23N5O. The third-order valence-corrected chi connectivity index (χ3v) is 4.14. The first-order valence-corrected chi connectivity index (χ1v) is 8.52. The van der Waals surface area contributed by atoms with Crippen LogP contribution in [0.5, 0.6) is 0 Å². The van der Waals surface area contributed by atoms with E-state index in [0.29, 0.717) is 13.1 Å². The van der Waals surface area contributed by atoms with Crippen molar-refractivity contribution in [3.63, 3.8) is 0 Å². The predicted octanol–water partition coefficient (Wildman–Crippen LogP) is 2.15. The van der Waals surface area contributed by atoms with Gasteiger partial charge in [-0.1, -0.05) is 36.4 Å². The smallest absolute Gasteiger partial charge is 0.235 e. The summed E-state index contributed by atoms with van der Waals surface area (Å²) in [7, 11) is 3.85. The molecule has 0 fully saturated rings. The van der Waals surface area contributed by atoms with Crippen molar-refractivity contribution in [3.8, 4) is 0 Å². The highest BCUT2D eigenvalue weighted by molar-refractivity contribution is 5.78. The van der Waals surface area contributed by atoms with Gasteiger partial charge in [0.25, 0.3) is 0 Å². The van der Waals surface area contributed by atoms with Gasteiger partial charge in [0, 0.05) is 38.4 Å². The number of hydrogen-bond donors (Lipinski definition) is 1. The molecule has 1 amide bonds. The first-order chi connectivity index (χ1) is 12.6. The van der Waals surface area contributed by atoms with Crippen LogP contribution in [0.15, 0.2) is 67.3 Å². The molecule has 2 heterocycles. The topological polar surface area (TPSA) is 63.1 Å². The normalized spacial score (nSPS) is 12.1. The second-order valence-corrected chi connectivity index (χ2v) is 6.34. The summed E-state index contributed by atoms with van der Waals surface area (Å²) in [4.78, 5) is 23.1. The Hall–Kier alpha value is -2.99. The fraction of sp³-hybridized carbons (Fsp3) is 0.250. The van der Waals surface area contributed by atoms with Gasteiger partial charge in [-0.05, 0) is 24.2 Å². The maximum Gasteiger partial charge on any atom is 0.235 e. The molecule has 0 aliphatic rings. The number of nitrogens with zero attached hydrogens (tertiary/aromatic N) is 4. The highest BCUT2D eigenvalue weighted by Crippen LogP contribution is 2.20. The number of aryl methyl sites for hydroxylation is 1. The van der Waals surface area contributed by atoms with Gasteiger partial charge in [0.15, 0.2) is 0 Å². The lowest BCUT2D eigenvalue weighted by molar-refractivity contribution is -0.122. The molecule has 2 aromatic heterocycles. The van der Waals surface area contributed by atoms with Gasteiger partial charge in [-0.3, -0.25) is 14.7 Å². The van der Waals surface area contributed by atoms with Crippen LogP contribution in [0.25, 0.3) is 0 Å². The molecular weight excluding hydrogens is 326 g/mol. The van der Waals surface area contributed by atoms with E-state index in [4.69, 9.17) is 0 Å². The number of nitrogens with one attached hydrogen (secondary N) is 1. The van der Waals surface area contributed by atoms with E-state index >= 15 is 0 Å². The molecule has 6 nitrogen and oxygen atoms in total. The maximum atomic E-state index is 12.6. The van der Waals surface area contributed by atoms with Crippen LogP contribution in [0.3, 0.4) is 0 Å². The number of carbonyl (C=O) groups is 1. The molecule has 0 bridgehead atoms. The zero-order valence-corrected chi connectivity index (χ0v) is 15.0. The Kier molecular flexibility index (Phi) is 5.76. The summed E-state index contributed by atoms with van der Waals surface area (Å²) in [6.07, 6.45) is 7.18. The molecule has 6 heteroatoms. The van der Waals surface area contributed by atoms with Crippen LogP contribution in [-0.4, -0.2) is 38.9 Å². The van der Waals surface area contributed by atoms with Crippen LogP contribution in [-0.2, 0) is 18.4 Å². The third-order valence-electron chi connectivity index (χ3n) is 4.14.